The van der Waals surface area contributed by atoms with Crippen LogP contribution in [0.1, 0.15) is 11.1 Å². The first-order valence-electron chi connectivity index (χ1n) is 9.70. The monoisotopic (exact) mass is 461 g/mol. The summed E-state index contributed by atoms with van der Waals surface area (Å²) in [6, 6.07) is 7.55. The van der Waals surface area contributed by atoms with Gasteiger partial charge >= 0.3 is 6.03 Å². The fourth-order valence-electron chi connectivity index (χ4n) is 3.48. The number of nitrogens with zero attached hydrogens (tertiary/aromatic N) is 6. The number of benzene rings is 1. The number of piperazine rings is 1. The average molecular weight is 462 g/mol. The molecule has 164 valence electrons. The van der Waals surface area contributed by atoms with Gasteiger partial charge in [-0.2, -0.15) is 4.68 Å². The van der Waals surface area contributed by atoms with Crippen molar-refractivity contribution in [3.05, 3.63) is 47.1 Å². The van der Waals surface area contributed by atoms with Crippen LogP contribution in [0, 0.1) is 6.92 Å². The zero-order chi connectivity index (χ0) is 22.0. The van der Waals surface area contributed by atoms with Gasteiger partial charge in [-0.3, -0.25) is 9.62 Å². The maximum atomic E-state index is 12.7. The van der Waals surface area contributed by atoms with Crippen LogP contribution in [0.5, 0.6) is 0 Å². The summed E-state index contributed by atoms with van der Waals surface area (Å²) in [5, 5.41) is 13.1. The third kappa shape index (κ3) is 5.27. The van der Waals surface area contributed by atoms with E-state index in [0.29, 0.717) is 13.1 Å². The highest BCUT2D eigenvalue weighted by molar-refractivity contribution is 7.92. The molecule has 0 atom stereocenters. The molecule has 4 rings (SSSR count). The second-order valence-electron chi connectivity index (χ2n) is 7.47. The third-order valence-corrected chi connectivity index (χ3v) is 6.27. The fraction of sp³-hybridized carbons (Fsp3) is 0.368. The van der Waals surface area contributed by atoms with Crippen molar-refractivity contribution in [2.24, 2.45) is 0 Å². The van der Waals surface area contributed by atoms with E-state index in [0.717, 1.165) is 41.1 Å². The van der Waals surface area contributed by atoms with E-state index in [1.54, 1.807) is 10.4 Å². The summed E-state index contributed by atoms with van der Waals surface area (Å²) < 4.78 is 26.1. The molecule has 1 amide bonds. The molecule has 3 aromatic rings. The number of anilines is 1. The Balaban J connectivity index is 1.38. The summed E-state index contributed by atoms with van der Waals surface area (Å²) in [6.07, 6.45) is 2.50. The molecule has 1 N–H and O–H groups in total. The summed E-state index contributed by atoms with van der Waals surface area (Å²) in [5.74, 6) is 0.123. The van der Waals surface area contributed by atoms with Gasteiger partial charge < -0.3 is 4.90 Å². The maximum Gasteiger partial charge on any atom is 0.344 e. The van der Waals surface area contributed by atoms with Gasteiger partial charge in [0, 0.05) is 50.6 Å². The number of aryl methyl sites for hydroxylation is 1. The molecule has 1 fully saturated rings. The SMILES string of the molecule is Cc1ccc(CN2CCN(C(=O)n3ccc(NS(C)(=O)=O)n3)CC2)c(-c2nncs2)c1. The summed E-state index contributed by atoms with van der Waals surface area (Å²) >= 11 is 1.52. The van der Waals surface area contributed by atoms with Crippen molar-refractivity contribution in [1.82, 2.24) is 29.8 Å². The Hall–Kier alpha value is -2.83. The Bertz CT molecular complexity index is 1170. The molecule has 1 aromatic carbocycles. The molecule has 0 saturated carbocycles. The molecule has 3 heterocycles. The standard InChI is InChI=1S/C19H23N7O3S2/c1-14-3-4-15(16(11-14)18-21-20-13-30-18)12-24-7-9-25(10-8-24)19(27)26-6-5-17(22-26)23-31(2,28)29/h3-6,11,13H,7-10,12H2,1-2H3,(H,22,23). The summed E-state index contributed by atoms with van der Waals surface area (Å²) in [4.78, 5) is 16.7. The van der Waals surface area contributed by atoms with Crippen molar-refractivity contribution in [2.75, 3.05) is 37.2 Å². The Morgan fingerprint density at radius 1 is 1.19 bits per heavy atom. The number of hydrogen-bond acceptors (Lipinski definition) is 8. The average Bonchev–Trinajstić information content (AvgIpc) is 3.40. The number of carbonyl (C=O) groups is 1. The van der Waals surface area contributed by atoms with Crippen LogP contribution >= 0.6 is 11.3 Å². The highest BCUT2D eigenvalue weighted by Gasteiger charge is 2.24. The first-order chi connectivity index (χ1) is 14.8. The van der Waals surface area contributed by atoms with Crippen molar-refractivity contribution in [3.63, 3.8) is 0 Å². The van der Waals surface area contributed by atoms with E-state index < -0.39 is 10.0 Å². The van der Waals surface area contributed by atoms with E-state index >= 15 is 0 Å². The minimum Gasteiger partial charge on any atom is -0.320 e. The van der Waals surface area contributed by atoms with Crippen LogP contribution in [-0.4, -0.2) is 76.7 Å². The van der Waals surface area contributed by atoms with Crippen molar-refractivity contribution in [2.45, 2.75) is 13.5 Å². The normalized spacial score (nSPS) is 15.2. The van der Waals surface area contributed by atoms with Gasteiger partial charge in [-0.25, -0.2) is 13.2 Å². The number of nitrogens with one attached hydrogen (secondary N) is 1. The predicted molar refractivity (Wildman–Crippen MR) is 118 cm³/mol. The zero-order valence-corrected chi connectivity index (χ0v) is 18.9. The first kappa shape index (κ1) is 21.4. The van der Waals surface area contributed by atoms with Crippen LogP contribution in [0.15, 0.2) is 36.0 Å². The van der Waals surface area contributed by atoms with E-state index in [9.17, 15) is 13.2 Å². The highest BCUT2D eigenvalue weighted by atomic mass is 32.2. The zero-order valence-electron chi connectivity index (χ0n) is 17.2. The van der Waals surface area contributed by atoms with Crippen LogP contribution in [0.3, 0.4) is 0 Å². The fourth-order valence-corrected chi connectivity index (χ4v) is 4.57. The summed E-state index contributed by atoms with van der Waals surface area (Å²) in [5.41, 5.74) is 5.19. The molecule has 0 spiro atoms. The van der Waals surface area contributed by atoms with Crippen molar-refractivity contribution < 1.29 is 13.2 Å². The van der Waals surface area contributed by atoms with E-state index in [4.69, 9.17) is 0 Å². The molecule has 10 nitrogen and oxygen atoms in total. The topological polar surface area (TPSA) is 113 Å². The van der Waals surface area contributed by atoms with Crippen LogP contribution in [0.25, 0.3) is 10.6 Å². The van der Waals surface area contributed by atoms with Gasteiger partial charge in [-0.15, -0.1) is 15.3 Å². The molecule has 0 bridgehead atoms. The minimum atomic E-state index is -3.44. The summed E-state index contributed by atoms with van der Waals surface area (Å²) in [7, 11) is -3.44. The van der Waals surface area contributed by atoms with Gasteiger partial charge in [0.15, 0.2) is 5.82 Å². The quantitative estimate of drug-likeness (QED) is 0.617. The molecule has 0 radical (unpaired) electrons. The van der Waals surface area contributed by atoms with E-state index in [1.807, 2.05) is 0 Å². The lowest BCUT2D eigenvalue weighted by Gasteiger charge is -2.34. The number of rotatable bonds is 5. The van der Waals surface area contributed by atoms with E-state index in [2.05, 4.69) is 50.0 Å². The third-order valence-electron chi connectivity index (χ3n) is 4.97. The molecular formula is C19H23N7O3S2. The van der Waals surface area contributed by atoms with Gasteiger partial charge in [0.25, 0.3) is 0 Å². The first-order valence-corrected chi connectivity index (χ1v) is 12.5. The van der Waals surface area contributed by atoms with Gasteiger partial charge in [-0.05, 0) is 18.6 Å². The minimum absolute atomic E-state index is 0.123. The lowest BCUT2D eigenvalue weighted by molar-refractivity contribution is 0.134. The predicted octanol–water partition coefficient (Wildman–Crippen LogP) is 1.87. The van der Waals surface area contributed by atoms with Gasteiger partial charge in [0.2, 0.25) is 10.0 Å². The molecule has 12 heteroatoms. The van der Waals surface area contributed by atoms with E-state index in [-0.39, 0.29) is 11.8 Å². The number of amides is 1. The number of aromatic nitrogens is 4. The van der Waals surface area contributed by atoms with Gasteiger partial charge in [-0.1, -0.05) is 29.0 Å². The number of hydrogen-bond donors (Lipinski definition) is 1. The van der Waals surface area contributed by atoms with Crippen LogP contribution in [-0.2, 0) is 16.6 Å². The molecule has 31 heavy (non-hydrogen) atoms. The van der Waals surface area contributed by atoms with E-state index in [1.165, 1.54) is 34.7 Å². The smallest absolute Gasteiger partial charge is 0.320 e. The molecule has 0 aliphatic carbocycles. The van der Waals surface area contributed by atoms with Crippen LogP contribution in [0.2, 0.25) is 0 Å². The Morgan fingerprint density at radius 3 is 2.65 bits per heavy atom. The molecule has 2 aromatic heterocycles. The summed E-state index contributed by atoms with van der Waals surface area (Å²) in [6.45, 7) is 5.41. The molecule has 1 aliphatic rings. The molecule has 0 unspecified atom stereocenters. The Kier molecular flexibility index (Phi) is 6.03. The molecule has 1 saturated heterocycles. The highest BCUT2D eigenvalue weighted by Crippen LogP contribution is 2.27. The Labute approximate surface area is 184 Å². The van der Waals surface area contributed by atoms with Crippen LogP contribution < -0.4 is 4.72 Å². The number of sulfonamides is 1. The van der Waals surface area contributed by atoms with Gasteiger partial charge in [0.1, 0.15) is 10.5 Å². The second-order valence-corrected chi connectivity index (χ2v) is 10.1. The largest absolute Gasteiger partial charge is 0.344 e. The lowest BCUT2D eigenvalue weighted by atomic mass is 10.0. The van der Waals surface area contributed by atoms with Gasteiger partial charge in [0.05, 0.1) is 6.26 Å². The Morgan fingerprint density at radius 2 is 1.97 bits per heavy atom. The van der Waals surface area contributed by atoms with Crippen LogP contribution in [0.4, 0.5) is 10.6 Å². The maximum absolute atomic E-state index is 12.7. The van der Waals surface area contributed by atoms with Crippen molar-refractivity contribution >= 4 is 33.2 Å². The van der Waals surface area contributed by atoms with Crippen molar-refractivity contribution in [3.8, 4) is 10.6 Å². The number of carbonyl (C=O) groups excluding carboxylic acids is 1. The second kappa shape index (κ2) is 8.73. The molecular weight excluding hydrogens is 438 g/mol. The molecule has 1 aliphatic heterocycles. The lowest BCUT2D eigenvalue weighted by Crippen LogP contribution is -2.49. The van der Waals surface area contributed by atoms with Crippen molar-refractivity contribution in [1.29, 1.82) is 0 Å².